The van der Waals surface area contributed by atoms with Gasteiger partial charge in [0.05, 0.1) is 12.1 Å². The summed E-state index contributed by atoms with van der Waals surface area (Å²) in [5, 5.41) is 1.05. The van der Waals surface area contributed by atoms with Crippen molar-refractivity contribution >= 4 is 10.9 Å². The van der Waals surface area contributed by atoms with Gasteiger partial charge in [-0.15, -0.1) is 0 Å². The quantitative estimate of drug-likeness (QED) is 0.793. The van der Waals surface area contributed by atoms with Crippen LogP contribution in [0.3, 0.4) is 0 Å². The van der Waals surface area contributed by atoms with Crippen LogP contribution in [0.4, 0.5) is 0 Å². The lowest BCUT2D eigenvalue weighted by Gasteiger charge is -2.12. The van der Waals surface area contributed by atoms with Crippen molar-refractivity contribution < 1.29 is 4.74 Å². The molecule has 18 heavy (non-hydrogen) atoms. The number of fused-ring (bicyclic) bond motifs is 1. The molecule has 0 radical (unpaired) electrons. The van der Waals surface area contributed by atoms with Crippen LogP contribution in [-0.2, 0) is 6.54 Å². The Hall–Kier alpha value is -1.61. The fourth-order valence-corrected chi connectivity index (χ4v) is 2.00. The number of aromatic nitrogens is 1. The molecule has 0 aliphatic carbocycles. The Balaban J connectivity index is 2.27. The highest BCUT2D eigenvalue weighted by atomic mass is 16.5. The molecule has 1 aromatic carbocycles. The molecule has 0 saturated heterocycles. The van der Waals surface area contributed by atoms with E-state index >= 15 is 0 Å². The summed E-state index contributed by atoms with van der Waals surface area (Å²) in [6.45, 7) is 3.39. The Labute approximate surface area is 108 Å². The van der Waals surface area contributed by atoms with E-state index in [1.807, 2.05) is 30.5 Å². The van der Waals surface area contributed by atoms with E-state index in [-0.39, 0.29) is 0 Å². The van der Waals surface area contributed by atoms with Gasteiger partial charge in [-0.05, 0) is 18.6 Å². The van der Waals surface area contributed by atoms with Crippen molar-refractivity contribution in [3.05, 3.63) is 36.0 Å². The van der Waals surface area contributed by atoms with Crippen LogP contribution in [-0.4, -0.2) is 11.6 Å². The van der Waals surface area contributed by atoms with Gasteiger partial charge in [-0.1, -0.05) is 31.9 Å². The summed E-state index contributed by atoms with van der Waals surface area (Å²) in [4.78, 5) is 4.40. The van der Waals surface area contributed by atoms with Crippen molar-refractivity contribution in [1.29, 1.82) is 0 Å². The number of benzene rings is 1. The smallest absolute Gasteiger partial charge is 0.134 e. The van der Waals surface area contributed by atoms with E-state index in [4.69, 9.17) is 10.5 Å². The SMILES string of the molecule is CCCCCOc1c(CN)cnc2ccccc12. The van der Waals surface area contributed by atoms with E-state index in [1.165, 1.54) is 12.8 Å². The minimum absolute atomic E-state index is 0.459. The van der Waals surface area contributed by atoms with Crippen molar-refractivity contribution in [2.24, 2.45) is 5.73 Å². The number of nitrogens with two attached hydrogens (primary N) is 1. The van der Waals surface area contributed by atoms with Gasteiger partial charge in [0.25, 0.3) is 0 Å². The van der Waals surface area contributed by atoms with Crippen molar-refractivity contribution in [3.63, 3.8) is 0 Å². The standard InChI is InChI=1S/C15H20N2O/c1-2-3-6-9-18-15-12(10-16)11-17-14-8-5-4-7-13(14)15/h4-5,7-8,11H,2-3,6,9-10,16H2,1H3. The van der Waals surface area contributed by atoms with Crippen LogP contribution >= 0.6 is 0 Å². The van der Waals surface area contributed by atoms with E-state index in [0.717, 1.165) is 35.2 Å². The summed E-state index contributed by atoms with van der Waals surface area (Å²) in [6, 6.07) is 8.02. The maximum atomic E-state index is 5.92. The minimum atomic E-state index is 0.459. The zero-order valence-electron chi connectivity index (χ0n) is 10.9. The van der Waals surface area contributed by atoms with E-state index in [2.05, 4.69) is 11.9 Å². The molecule has 0 spiro atoms. The molecular formula is C15H20N2O. The molecule has 3 nitrogen and oxygen atoms in total. The van der Waals surface area contributed by atoms with Gasteiger partial charge in [-0.25, -0.2) is 0 Å². The second-order valence-electron chi connectivity index (χ2n) is 4.39. The topological polar surface area (TPSA) is 48.1 Å². The van der Waals surface area contributed by atoms with Crippen LogP contribution < -0.4 is 10.5 Å². The van der Waals surface area contributed by atoms with Crippen LogP contribution in [0.2, 0.25) is 0 Å². The Bertz CT molecular complexity index is 511. The molecule has 0 bridgehead atoms. The normalized spacial score (nSPS) is 10.8. The second kappa shape index (κ2) is 6.36. The number of hydrogen-bond donors (Lipinski definition) is 1. The molecule has 2 rings (SSSR count). The molecular weight excluding hydrogens is 224 g/mol. The first-order valence-corrected chi connectivity index (χ1v) is 6.56. The first-order chi connectivity index (χ1) is 8.86. The van der Waals surface area contributed by atoms with Gasteiger partial charge in [-0.2, -0.15) is 0 Å². The molecule has 0 aliphatic heterocycles. The Morgan fingerprint density at radius 2 is 2.06 bits per heavy atom. The summed E-state index contributed by atoms with van der Waals surface area (Å²) in [5.41, 5.74) is 7.69. The predicted molar refractivity (Wildman–Crippen MR) is 74.7 cm³/mol. The van der Waals surface area contributed by atoms with Gasteiger partial charge < -0.3 is 10.5 Å². The van der Waals surface area contributed by atoms with Crippen molar-refractivity contribution in [2.45, 2.75) is 32.7 Å². The van der Waals surface area contributed by atoms with Crippen LogP contribution in [0.15, 0.2) is 30.5 Å². The molecule has 2 aromatic rings. The number of para-hydroxylation sites is 1. The Morgan fingerprint density at radius 3 is 2.83 bits per heavy atom. The number of rotatable bonds is 6. The lowest BCUT2D eigenvalue weighted by molar-refractivity contribution is 0.306. The van der Waals surface area contributed by atoms with Gasteiger partial charge in [0.2, 0.25) is 0 Å². The summed E-state index contributed by atoms with van der Waals surface area (Å²) in [6.07, 6.45) is 5.29. The maximum Gasteiger partial charge on any atom is 0.134 e. The van der Waals surface area contributed by atoms with E-state index < -0.39 is 0 Å². The number of pyridine rings is 1. The van der Waals surface area contributed by atoms with E-state index in [1.54, 1.807) is 0 Å². The third-order valence-corrected chi connectivity index (χ3v) is 3.01. The summed E-state index contributed by atoms with van der Waals surface area (Å²) < 4.78 is 5.92. The molecule has 0 saturated carbocycles. The molecule has 3 heteroatoms. The van der Waals surface area contributed by atoms with E-state index in [9.17, 15) is 0 Å². The highest BCUT2D eigenvalue weighted by Gasteiger charge is 2.08. The molecule has 1 aromatic heterocycles. The number of hydrogen-bond acceptors (Lipinski definition) is 3. The summed E-state index contributed by atoms with van der Waals surface area (Å²) >= 11 is 0. The maximum absolute atomic E-state index is 5.92. The highest BCUT2D eigenvalue weighted by Crippen LogP contribution is 2.28. The first kappa shape index (κ1) is 12.8. The summed E-state index contributed by atoms with van der Waals surface area (Å²) in [7, 11) is 0. The first-order valence-electron chi connectivity index (χ1n) is 6.56. The average molecular weight is 244 g/mol. The molecule has 0 aliphatic rings. The predicted octanol–water partition coefficient (Wildman–Crippen LogP) is 3.26. The third kappa shape index (κ3) is 2.79. The number of ether oxygens (including phenoxy) is 1. The fourth-order valence-electron chi connectivity index (χ4n) is 2.00. The average Bonchev–Trinajstić information content (AvgIpc) is 2.43. The fraction of sp³-hybridized carbons (Fsp3) is 0.400. The Kier molecular flexibility index (Phi) is 4.53. The van der Waals surface area contributed by atoms with Gasteiger partial charge in [-0.3, -0.25) is 4.98 Å². The summed E-state index contributed by atoms with van der Waals surface area (Å²) in [5.74, 6) is 0.902. The number of nitrogens with zero attached hydrogens (tertiary/aromatic N) is 1. The van der Waals surface area contributed by atoms with Crippen LogP contribution in [0.1, 0.15) is 31.7 Å². The van der Waals surface area contributed by atoms with Crippen molar-refractivity contribution in [2.75, 3.05) is 6.61 Å². The van der Waals surface area contributed by atoms with Gasteiger partial charge >= 0.3 is 0 Å². The molecule has 0 unspecified atom stereocenters. The number of unbranched alkanes of at least 4 members (excludes halogenated alkanes) is 2. The molecule has 0 amide bonds. The van der Waals surface area contributed by atoms with Gasteiger partial charge in [0, 0.05) is 23.7 Å². The van der Waals surface area contributed by atoms with Crippen LogP contribution in [0.5, 0.6) is 5.75 Å². The molecule has 0 atom stereocenters. The van der Waals surface area contributed by atoms with E-state index in [0.29, 0.717) is 6.54 Å². The monoisotopic (exact) mass is 244 g/mol. The van der Waals surface area contributed by atoms with Gasteiger partial charge in [0.1, 0.15) is 5.75 Å². The third-order valence-electron chi connectivity index (χ3n) is 3.01. The molecule has 1 heterocycles. The molecule has 2 N–H and O–H groups in total. The van der Waals surface area contributed by atoms with Crippen molar-refractivity contribution in [1.82, 2.24) is 4.98 Å². The largest absolute Gasteiger partial charge is 0.492 e. The second-order valence-corrected chi connectivity index (χ2v) is 4.39. The van der Waals surface area contributed by atoms with Gasteiger partial charge in [0.15, 0.2) is 0 Å². The zero-order valence-corrected chi connectivity index (χ0v) is 10.9. The minimum Gasteiger partial charge on any atom is -0.492 e. The van der Waals surface area contributed by atoms with Crippen LogP contribution in [0, 0.1) is 0 Å². The van der Waals surface area contributed by atoms with Crippen molar-refractivity contribution in [3.8, 4) is 5.75 Å². The Morgan fingerprint density at radius 1 is 1.22 bits per heavy atom. The molecule has 0 fully saturated rings. The highest BCUT2D eigenvalue weighted by molar-refractivity contribution is 5.86. The lowest BCUT2D eigenvalue weighted by Crippen LogP contribution is -2.05. The lowest BCUT2D eigenvalue weighted by atomic mass is 10.1. The molecule has 96 valence electrons. The zero-order chi connectivity index (χ0) is 12.8. The van der Waals surface area contributed by atoms with Crippen LogP contribution in [0.25, 0.3) is 10.9 Å².